The molecule has 0 radical (unpaired) electrons. The van der Waals surface area contributed by atoms with Crippen molar-refractivity contribution in [3.05, 3.63) is 96.1 Å². The molecule has 352 valence electrons. The molecular weight excluding hydrogens is 909 g/mol. The molecule has 3 N–H and O–H groups in total. The lowest BCUT2D eigenvalue weighted by molar-refractivity contribution is 0.0696. The molecule has 16 nitrogen and oxygen atoms in total. The van der Waals surface area contributed by atoms with Crippen LogP contribution in [0.1, 0.15) is 59.2 Å². The number of carboxylic acid groups (broad SMARTS) is 1. The van der Waals surface area contributed by atoms with Crippen molar-refractivity contribution in [3.8, 4) is 11.5 Å². The van der Waals surface area contributed by atoms with Gasteiger partial charge in [0.25, 0.3) is 0 Å². The Hall–Kier alpha value is -5.86. The molecule has 0 spiro atoms. The molecule has 8 aliphatic rings. The van der Waals surface area contributed by atoms with Crippen LogP contribution in [0.2, 0.25) is 0 Å². The minimum Gasteiger partial charge on any atom is -0.489 e. The summed E-state index contributed by atoms with van der Waals surface area (Å²) in [6.45, 7) is 0.788. The van der Waals surface area contributed by atoms with E-state index in [0.29, 0.717) is 77.0 Å². The summed E-state index contributed by atoms with van der Waals surface area (Å²) in [5, 5.41) is 8.36. The zero-order valence-corrected chi connectivity index (χ0v) is 37.9. The van der Waals surface area contributed by atoms with Gasteiger partial charge in [-0.1, -0.05) is 0 Å². The third-order valence-electron chi connectivity index (χ3n) is 13.7. The highest BCUT2D eigenvalue weighted by Gasteiger charge is 2.49. The highest BCUT2D eigenvalue weighted by Crippen LogP contribution is 2.48. The van der Waals surface area contributed by atoms with Crippen molar-refractivity contribution in [2.24, 2.45) is 5.73 Å². The molecule has 12 rings (SSSR count). The molecule has 4 bridgehead atoms. The van der Waals surface area contributed by atoms with Crippen LogP contribution < -0.4 is 34.8 Å². The van der Waals surface area contributed by atoms with Crippen LogP contribution in [0.5, 0.6) is 11.5 Å². The Balaban J connectivity index is 0.000000136. The first-order valence-electron chi connectivity index (χ1n) is 22.5. The van der Waals surface area contributed by atoms with E-state index < -0.39 is 30.4 Å². The van der Waals surface area contributed by atoms with E-state index in [9.17, 15) is 23.6 Å². The number of thioether (sulfide) groups is 2. The fraction of sp³-hybridized carbons (Fsp3) is 0.447. The number of halogens is 2. The average molecular weight is 958 g/mol. The van der Waals surface area contributed by atoms with E-state index in [1.165, 1.54) is 46.5 Å². The third kappa shape index (κ3) is 8.67. The molecule has 20 heteroatoms. The van der Waals surface area contributed by atoms with Gasteiger partial charge in [-0.25, -0.2) is 23.2 Å². The number of fused-ring (bicyclic) bond motifs is 10. The normalized spacial score (nSPS) is 27.1. The molecule has 4 aromatic rings. The van der Waals surface area contributed by atoms with Crippen LogP contribution in [0.25, 0.3) is 0 Å². The number of carbonyl (C=O) groups excluding carboxylic acids is 3. The molecule has 2 aromatic heterocycles. The van der Waals surface area contributed by atoms with Gasteiger partial charge in [-0.15, -0.1) is 0 Å². The van der Waals surface area contributed by atoms with Crippen molar-refractivity contribution >= 4 is 70.2 Å². The second kappa shape index (κ2) is 19.0. The first-order valence-corrected chi connectivity index (χ1v) is 24.8. The molecule has 2 amide bonds. The fourth-order valence-corrected chi connectivity index (χ4v) is 13.1. The van der Waals surface area contributed by atoms with E-state index in [4.69, 9.17) is 29.8 Å². The Labute approximate surface area is 393 Å². The Kier molecular flexibility index (Phi) is 12.8. The summed E-state index contributed by atoms with van der Waals surface area (Å²) in [7, 11) is 0. The van der Waals surface area contributed by atoms with Crippen molar-refractivity contribution in [3.63, 3.8) is 0 Å². The zero-order valence-electron chi connectivity index (χ0n) is 36.3. The molecule has 6 fully saturated rings. The number of ketones is 1. The largest absolute Gasteiger partial charge is 0.489 e. The SMILES string of the molecule is NC[C@@H]1OC(=O)N2c3cc(F)c(N4C5CCC4CSC5)cc3OC[C@@H]12.O=C(CC[C@@H]1OC(=O)N2c3cc(F)c(N4C5CCC4CSC5)cc3OC[C@@H]12)c1ccncc1.O=C(O)c1ccncc1. The number of carbonyl (C=O) groups is 4. The molecule has 0 aliphatic carbocycles. The molecule has 0 saturated carbocycles. The first kappa shape index (κ1) is 44.9. The molecule has 67 heavy (non-hydrogen) atoms. The summed E-state index contributed by atoms with van der Waals surface area (Å²) in [6.07, 6.45) is 9.12. The zero-order chi connectivity index (χ0) is 46.3. The number of hydrogen-bond acceptors (Lipinski definition) is 15. The molecular formula is C47H49F2N7O9S2. The number of pyridine rings is 2. The van der Waals surface area contributed by atoms with Crippen molar-refractivity contribution in [1.29, 1.82) is 0 Å². The number of benzene rings is 2. The first-order chi connectivity index (χ1) is 32.6. The molecule has 2 aromatic carbocycles. The van der Waals surface area contributed by atoms with E-state index in [1.54, 1.807) is 36.7 Å². The van der Waals surface area contributed by atoms with Gasteiger partial charge >= 0.3 is 18.2 Å². The number of rotatable bonds is 8. The van der Waals surface area contributed by atoms with E-state index in [0.717, 1.165) is 48.7 Å². The van der Waals surface area contributed by atoms with E-state index in [-0.39, 0.29) is 54.6 Å². The highest BCUT2D eigenvalue weighted by molar-refractivity contribution is 7.99. The third-order valence-corrected chi connectivity index (χ3v) is 16.2. The van der Waals surface area contributed by atoms with E-state index in [1.807, 2.05) is 23.5 Å². The van der Waals surface area contributed by atoms with Crippen LogP contribution in [0, 0.1) is 11.6 Å². The number of nitrogens with zero attached hydrogens (tertiary/aromatic N) is 6. The summed E-state index contributed by atoms with van der Waals surface area (Å²) in [6, 6.07) is 13.3. The number of cyclic esters (lactones) is 2. The van der Waals surface area contributed by atoms with Crippen LogP contribution in [0.4, 0.5) is 41.1 Å². The van der Waals surface area contributed by atoms with Crippen LogP contribution in [0.3, 0.4) is 0 Å². The van der Waals surface area contributed by atoms with Gasteiger partial charge < -0.3 is 39.6 Å². The van der Waals surface area contributed by atoms with Crippen LogP contribution >= 0.6 is 23.5 Å². The lowest BCUT2D eigenvalue weighted by atomic mass is 10.00. The van der Waals surface area contributed by atoms with Gasteiger partial charge in [-0.2, -0.15) is 23.5 Å². The maximum Gasteiger partial charge on any atom is 0.415 e. The number of nitrogens with two attached hydrogens (primary N) is 1. The van der Waals surface area contributed by atoms with E-state index >= 15 is 4.39 Å². The second-order valence-corrected chi connectivity index (χ2v) is 19.7. The minimum atomic E-state index is -0.919. The van der Waals surface area contributed by atoms with Crippen molar-refractivity contribution < 1.29 is 52.0 Å². The van der Waals surface area contributed by atoms with Crippen LogP contribution in [0.15, 0.2) is 73.3 Å². The standard InChI is InChI=1S/C24H24FN3O4S.C17H20FN3O3S.C6H5NO2/c25-17-9-19-23(10-18(17)27-15-1-2-16(27)13-33-12-15)31-11-20-22(32-24(30)28(19)20)4-3-21(29)14-5-7-26-8-6-14;18-11-3-13-15(23-6-14-16(5-19)24-17(22)21(13)14)4-12(11)20-9-1-2-10(20)8-25-7-9;8-6(9)5-1-3-7-4-2-5/h5-10,15-16,20,22H,1-4,11-13H2;3-4,9-10,14,16H,1-2,5-8,19H2;1-4H,(H,8,9)/t15?,16?,20-,22-;9?,10?,14-,16-;/m00./s1. The molecule has 6 saturated heterocycles. The number of aromatic carboxylic acids is 1. The number of aromatic nitrogens is 2. The molecule has 8 aliphatic heterocycles. The van der Waals surface area contributed by atoms with Gasteiger partial charge in [0.15, 0.2) is 5.78 Å². The van der Waals surface area contributed by atoms with Gasteiger partial charge in [0.1, 0.15) is 60.6 Å². The smallest absolute Gasteiger partial charge is 0.415 e. The summed E-state index contributed by atoms with van der Waals surface area (Å²) >= 11 is 3.88. The fourth-order valence-electron chi connectivity index (χ4n) is 10.4. The monoisotopic (exact) mass is 957 g/mol. The predicted molar refractivity (Wildman–Crippen MR) is 248 cm³/mol. The average Bonchev–Trinajstić information content (AvgIpc) is 4.02. The second-order valence-electron chi connectivity index (χ2n) is 17.5. The number of Topliss-reactive ketones (excluding diaryl/α,β-unsaturated/α-hetero) is 1. The number of ether oxygens (including phenoxy) is 4. The summed E-state index contributed by atoms with van der Waals surface area (Å²) in [5.74, 6) is 3.53. The maximum absolute atomic E-state index is 15.3. The Morgan fingerprint density at radius 2 is 1.09 bits per heavy atom. The van der Waals surface area contributed by atoms with E-state index in [2.05, 4.69) is 19.8 Å². The summed E-state index contributed by atoms with van der Waals surface area (Å²) in [5.41, 5.74) is 8.51. The van der Waals surface area contributed by atoms with Crippen molar-refractivity contribution in [2.75, 3.05) is 62.4 Å². The van der Waals surface area contributed by atoms with Gasteiger partial charge in [0.05, 0.1) is 28.3 Å². The van der Waals surface area contributed by atoms with Gasteiger partial charge in [0, 0.05) is 115 Å². The van der Waals surface area contributed by atoms with Gasteiger partial charge in [0.2, 0.25) is 0 Å². The van der Waals surface area contributed by atoms with Crippen LogP contribution in [-0.2, 0) is 9.47 Å². The molecule has 10 heterocycles. The quantitative estimate of drug-likeness (QED) is 0.176. The Morgan fingerprint density at radius 1 is 0.657 bits per heavy atom. The predicted octanol–water partition coefficient (Wildman–Crippen LogP) is 6.79. The Bertz CT molecular complexity index is 2500. The summed E-state index contributed by atoms with van der Waals surface area (Å²) < 4.78 is 53.1. The summed E-state index contributed by atoms with van der Waals surface area (Å²) in [4.78, 5) is 62.6. The van der Waals surface area contributed by atoms with Gasteiger partial charge in [-0.05, 0) is 56.4 Å². The minimum absolute atomic E-state index is 0.0333. The number of hydrogen-bond donors (Lipinski definition) is 2. The number of carboxylic acids is 1. The van der Waals surface area contributed by atoms with Crippen molar-refractivity contribution in [2.45, 2.75) is 87.0 Å². The van der Waals surface area contributed by atoms with Crippen molar-refractivity contribution in [1.82, 2.24) is 9.97 Å². The maximum atomic E-state index is 15.3. The lowest BCUT2D eigenvalue weighted by Gasteiger charge is -2.38. The van der Waals surface area contributed by atoms with Crippen LogP contribution in [-0.4, -0.2) is 130 Å². The molecule has 8 atom stereocenters. The number of amides is 2. The lowest BCUT2D eigenvalue weighted by Crippen LogP contribution is -2.47. The molecule has 4 unspecified atom stereocenters. The topological polar surface area (TPSA) is 190 Å². The Morgan fingerprint density at radius 3 is 1.52 bits per heavy atom. The number of anilines is 4. The highest BCUT2D eigenvalue weighted by atomic mass is 32.2. The van der Waals surface area contributed by atoms with Gasteiger partial charge in [-0.3, -0.25) is 24.6 Å².